The molecule has 24 heavy (non-hydrogen) atoms. The molecule has 1 aromatic carbocycles. The first-order valence-electron chi connectivity index (χ1n) is 7.65. The van der Waals surface area contributed by atoms with Gasteiger partial charge in [0.1, 0.15) is 12.4 Å². The zero-order valence-electron chi connectivity index (χ0n) is 13.6. The molecule has 1 atom stereocenters. The van der Waals surface area contributed by atoms with Gasteiger partial charge in [-0.1, -0.05) is 13.0 Å². The molecule has 4 nitrogen and oxygen atoms in total. The molecule has 0 radical (unpaired) electrons. The molecule has 0 fully saturated rings. The van der Waals surface area contributed by atoms with E-state index < -0.39 is 13.0 Å². The summed E-state index contributed by atoms with van der Waals surface area (Å²) in [6.07, 6.45) is -0.218. The minimum absolute atomic E-state index is 0.278. The van der Waals surface area contributed by atoms with E-state index in [1.807, 2.05) is 6.08 Å². The Morgan fingerprint density at radius 2 is 2.12 bits per heavy atom. The number of allylic oxidation sites excluding steroid dienone is 1. The van der Waals surface area contributed by atoms with Gasteiger partial charge in [0, 0.05) is 28.8 Å². The molecule has 0 saturated carbocycles. The number of ether oxygens (including phenoxy) is 2. The summed E-state index contributed by atoms with van der Waals surface area (Å²) in [6.45, 7) is 2.03. The fourth-order valence-electron chi connectivity index (χ4n) is 2.50. The van der Waals surface area contributed by atoms with Gasteiger partial charge in [0.05, 0.1) is 13.2 Å². The maximum atomic E-state index is 12.9. The summed E-state index contributed by atoms with van der Waals surface area (Å²) in [4.78, 5) is 13.5. The van der Waals surface area contributed by atoms with Gasteiger partial charge in [-0.25, -0.2) is 8.78 Å². The number of methoxy groups -OCH3 is 1. The van der Waals surface area contributed by atoms with Crippen molar-refractivity contribution in [3.05, 3.63) is 34.3 Å². The highest BCUT2D eigenvalue weighted by Crippen LogP contribution is 2.34. The van der Waals surface area contributed by atoms with Crippen LogP contribution in [-0.4, -0.2) is 44.1 Å². The summed E-state index contributed by atoms with van der Waals surface area (Å²) in [5.41, 5.74) is 1.20. The molecule has 0 aliphatic carbocycles. The van der Waals surface area contributed by atoms with E-state index in [1.165, 1.54) is 4.90 Å². The fraction of sp³-hybridized carbons (Fsp3) is 0.471. The second-order valence-corrected chi connectivity index (χ2v) is 6.40. The van der Waals surface area contributed by atoms with Crippen LogP contribution >= 0.6 is 15.9 Å². The number of carbonyl (C=O) groups is 1. The maximum absolute atomic E-state index is 12.9. The lowest BCUT2D eigenvalue weighted by atomic mass is 9.97. The molecule has 2 rings (SSSR count). The van der Waals surface area contributed by atoms with Crippen LogP contribution in [-0.2, 0) is 9.53 Å². The summed E-state index contributed by atoms with van der Waals surface area (Å²) >= 11 is 3.44. The van der Waals surface area contributed by atoms with Gasteiger partial charge >= 0.3 is 0 Å². The van der Waals surface area contributed by atoms with E-state index in [4.69, 9.17) is 9.47 Å². The van der Waals surface area contributed by atoms with Crippen LogP contribution in [0.1, 0.15) is 18.9 Å². The number of benzene rings is 1. The van der Waals surface area contributed by atoms with Crippen molar-refractivity contribution in [1.82, 2.24) is 4.90 Å². The van der Waals surface area contributed by atoms with Crippen molar-refractivity contribution in [3.63, 3.8) is 0 Å². The molecule has 0 saturated heterocycles. The van der Waals surface area contributed by atoms with E-state index in [0.717, 1.165) is 0 Å². The third kappa shape index (κ3) is 4.54. The van der Waals surface area contributed by atoms with Crippen molar-refractivity contribution in [2.24, 2.45) is 5.92 Å². The molecule has 7 heteroatoms. The van der Waals surface area contributed by atoms with E-state index >= 15 is 0 Å². The van der Waals surface area contributed by atoms with E-state index in [-0.39, 0.29) is 11.8 Å². The number of hydrogen-bond donors (Lipinski definition) is 0. The quantitative estimate of drug-likeness (QED) is 0.647. The highest BCUT2D eigenvalue weighted by atomic mass is 79.9. The predicted molar refractivity (Wildman–Crippen MR) is 91.0 cm³/mol. The molecule has 1 amide bonds. The summed E-state index contributed by atoms with van der Waals surface area (Å²) in [5.74, 6) is 0.0715. The van der Waals surface area contributed by atoms with E-state index in [0.29, 0.717) is 41.1 Å². The van der Waals surface area contributed by atoms with Crippen LogP contribution in [0.2, 0.25) is 0 Å². The largest absolute Gasteiger partial charge is 0.491 e. The number of hydrogen-bond acceptors (Lipinski definition) is 3. The molecule has 0 aromatic heterocycles. The Hall–Kier alpha value is -1.47. The van der Waals surface area contributed by atoms with Crippen LogP contribution in [0.15, 0.2) is 28.7 Å². The number of rotatable bonds is 7. The van der Waals surface area contributed by atoms with Gasteiger partial charge in [0.2, 0.25) is 5.91 Å². The first kappa shape index (κ1) is 18.9. The van der Waals surface area contributed by atoms with Crippen molar-refractivity contribution in [3.8, 4) is 5.75 Å². The predicted octanol–water partition coefficient (Wildman–Crippen LogP) is 3.95. The average Bonchev–Trinajstić information content (AvgIpc) is 2.53. The van der Waals surface area contributed by atoms with Crippen molar-refractivity contribution in [2.75, 3.05) is 26.9 Å². The lowest BCUT2D eigenvalue weighted by Crippen LogP contribution is -2.39. The van der Waals surface area contributed by atoms with Crippen LogP contribution in [0.3, 0.4) is 0 Å². The number of nitrogens with zero attached hydrogens (tertiary/aromatic N) is 1. The Labute approximate surface area is 148 Å². The van der Waals surface area contributed by atoms with Gasteiger partial charge in [0.15, 0.2) is 0 Å². The number of alkyl halides is 2. The Balaban J connectivity index is 2.26. The molecule has 1 aromatic rings. The smallest absolute Gasteiger partial charge is 0.256 e. The fourth-order valence-corrected chi connectivity index (χ4v) is 3.06. The Morgan fingerprint density at radius 1 is 1.38 bits per heavy atom. The Morgan fingerprint density at radius 3 is 2.75 bits per heavy atom. The van der Waals surface area contributed by atoms with Crippen LogP contribution in [0, 0.1) is 5.92 Å². The summed E-state index contributed by atoms with van der Waals surface area (Å²) in [7, 11) is 1.59. The highest BCUT2D eigenvalue weighted by molar-refractivity contribution is 9.10. The van der Waals surface area contributed by atoms with Gasteiger partial charge in [0.25, 0.3) is 6.43 Å². The van der Waals surface area contributed by atoms with E-state index in [1.54, 1.807) is 32.2 Å². The standard InChI is InChI=1S/C17H20BrF2NO3/c1-11-3-6-15(21(17(11)22)10-16(19)20)13-5-4-12(9-14(13)18)24-8-7-23-2/h4-6,9,11,16H,3,7-8,10H2,1-2H3. The molecule has 0 spiro atoms. The molecule has 1 unspecified atom stereocenters. The van der Waals surface area contributed by atoms with Crippen LogP contribution < -0.4 is 4.74 Å². The van der Waals surface area contributed by atoms with Crippen molar-refractivity contribution in [1.29, 1.82) is 0 Å². The van der Waals surface area contributed by atoms with Gasteiger partial charge in [-0.15, -0.1) is 0 Å². The van der Waals surface area contributed by atoms with Crippen LogP contribution in [0.5, 0.6) is 5.75 Å². The SMILES string of the molecule is COCCOc1ccc(C2=CCC(C)C(=O)N2CC(F)F)c(Br)c1. The zero-order valence-corrected chi connectivity index (χ0v) is 15.2. The minimum Gasteiger partial charge on any atom is -0.491 e. The van der Waals surface area contributed by atoms with Crippen LogP contribution in [0.25, 0.3) is 5.70 Å². The highest BCUT2D eigenvalue weighted by Gasteiger charge is 2.30. The molecular weight excluding hydrogens is 384 g/mol. The molecule has 132 valence electrons. The molecule has 0 N–H and O–H groups in total. The monoisotopic (exact) mass is 403 g/mol. The minimum atomic E-state index is -2.59. The molecule has 1 heterocycles. The van der Waals surface area contributed by atoms with Gasteiger partial charge < -0.3 is 14.4 Å². The molecular formula is C17H20BrF2NO3. The normalized spacial score (nSPS) is 18.1. The molecule has 0 bridgehead atoms. The summed E-state index contributed by atoms with van der Waals surface area (Å²) < 4.78 is 36.9. The van der Waals surface area contributed by atoms with Crippen molar-refractivity contribution < 1.29 is 23.0 Å². The summed E-state index contributed by atoms with van der Waals surface area (Å²) in [6, 6.07) is 5.27. The number of carbonyl (C=O) groups excluding carboxylic acids is 1. The first-order valence-corrected chi connectivity index (χ1v) is 8.44. The Kier molecular flexibility index (Phi) is 6.74. The first-order chi connectivity index (χ1) is 11.4. The van der Waals surface area contributed by atoms with Crippen molar-refractivity contribution in [2.45, 2.75) is 19.8 Å². The number of halogens is 3. The summed E-state index contributed by atoms with van der Waals surface area (Å²) in [5, 5.41) is 0. The van der Waals surface area contributed by atoms with Gasteiger partial charge in [-0.05, 0) is 40.5 Å². The van der Waals surface area contributed by atoms with Crippen molar-refractivity contribution >= 4 is 27.5 Å². The van der Waals surface area contributed by atoms with E-state index in [2.05, 4.69) is 15.9 Å². The van der Waals surface area contributed by atoms with Gasteiger partial charge in [-0.2, -0.15) is 0 Å². The topological polar surface area (TPSA) is 38.8 Å². The average molecular weight is 404 g/mol. The van der Waals surface area contributed by atoms with Gasteiger partial charge in [-0.3, -0.25) is 4.79 Å². The zero-order chi connectivity index (χ0) is 17.7. The van der Waals surface area contributed by atoms with Crippen LogP contribution in [0.4, 0.5) is 8.78 Å². The number of amides is 1. The maximum Gasteiger partial charge on any atom is 0.256 e. The third-order valence-corrected chi connectivity index (χ3v) is 4.39. The molecule has 1 aliphatic heterocycles. The lowest BCUT2D eigenvalue weighted by molar-refractivity contribution is -0.133. The molecule has 1 aliphatic rings. The Bertz CT molecular complexity index is 622. The lowest BCUT2D eigenvalue weighted by Gasteiger charge is -2.32. The third-order valence-electron chi connectivity index (χ3n) is 3.74. The van der Waals surface area contributed by atoms with E-state index in [9.17, 15) is 13.6 Å². The second-order valence-electron chi connectivity index (χ2n) is 5.55. The second kappa shape index (κ2) is 8.58.